The maximum absolute atomic E-state index is 15.0. The molecule has 3 aromatic rings. The molecule has 1 fully saturated rings. The van der Waals surface area contributed by atoms with Gasteiger partial charge in [-0.05, 0) is 29.3 Å². The van der Waals surface area contributed by atoms with Crippen LogP contribution < -0.4 is 11.5 Å². The number of aromatic nitrogens is 4. The first-order valence-corrected chi connectivity index (χ1v) is 10.5. The van der Waals surface area contributed by atoms with Gasteiger partial charge in [-0.1, -0.05) is 12.1 Å². The number of rotatable bonds is 8. The molecule has 0 unspecified atom stereocenters. The molecule has 13 nitrogen and oxygen atoms in total. The van der Waals surface area contributed by atoms with E-state index in [1.54, 1.807) is 6.07 Å². The standard InChI is InChI=1S/C20H20ClFN6O7/c21-19-26-14(24)12-15(27-19)28(7-25-12)16-11(22)13(29)10(35-16)6-34-20(17(30)31,18(32)33)5-8-2-1-3-9(23)4-8/h1-4,7,10-11,13,16,29H,5-6,23H2,(H,30,31)(H,32,33)(H2,24,26,27)/t10-,11+,13-,16-/m1/s1. The van der Waals surface area contributed by atoms with Crippen LogP contribution in [0.4, 0.5) is 15.9 Å². The van der Waals surface area contributed by atoms with Crippen molar-refractivity contribution in [1.82, 2.24) is 19.5 Å². The lowest BCUT2D eigenvalue weighted by Crippen LogP contribution is -2.52. The first kappa shape index (κ1) is 24.5. The van der Waals surface area contributed by atoms with Gasteiger partial charge in [0, 0.05) is 12.1 Å². The number of nitrogens with zero attached hydrogens (tertiary/aromatic N) is 4. The van der Waals surface area contributed by atoms with Gasteiger partial charge in [0.15, 0.2) is 23.9 Å². The molecule has 7 N–H and O–H groups in total. The Labute approximate surface area is 201 Å². The topological polar surface area (TPSA) is 209 Å². The van der Waals surface area contributed by atoms with E-state index in [0.717, 1.165) is 10.9 Å². The Kier molecular flexibility index (Phi) is 6.46. The second-order valence-corrected chi connectivity index (χ2v) is 8.21. The molecule has 4 atom stereocenters. The van der Waals surface area contributed by atoms with E-state index >= 15 is 4.39 Å². The van der Waals surface area contributed by atoms with Gasteiger partial charge in [0.05, 0.1) is 12.9 Å². The second-order valence-electron chi connectivity index (χ2n) is 7.87. The highest BCUT2D eigenvalue weighted by molar-refractivity contribution is 6.28. The monoisotopic (exact) mass is 510 g/mol. The molecule has 2 aromatic heterocycles. The fourth-order valence-corrected chi connectivity index (χ4v) is 3.97. The van der Waals surface area contributed by atoms with Crippen LogP contribution in [-0.4, -0.2) is 77.4 Å². The normalized spacial score (nSPS) is 22.5. The Bertz CT molecular complexity index is 1280. The van der Waals surface area contributed by atoms with E-state index in [2.05, 4.69) is 15.0 Å². The number of alkyl halides is 1. The van der Waals surface area contributed by atoms with E-state index < -0.39 is 55.2 Å². The van der Waals surface area contributed by atoms with Gasteiger partial charge in [-0.3, -0.25) is 4.57 Å². The van der Waals surface area contributed by atoms with E-state index in [9.17, 15) is 24.9 Å². The van der Waals surface area contributed by atoms with E-state index in [1.165, 1.54) is 18.2 Å². The zero-order valence-corrected chi connectivity index (χ0v) is 18.5. The predicted octanol–water partition coefficient (Wildman–Crippen LogP) is 0.408. The molecule has 0 bridgehead atoms. The average Bonchev–Trinajstić information content (AvgIpc) is 3.32. The quantitative estimate of drug-likeness (QED) is 0.158. The van der Waals surface area contributed by atoms with E-state index in [0.29, 0.717) is 5.69 Å². The van der Waals surface area contributed by atoms with Gasteiger partial charge < -0.3 is 36.3 Å². The molecule has 35 heavy (non-hydrogen) atoms. The fourth-order valence-electron chi connectivity index (χ4n) is 3.79. The van der Waals surface area contributed by atoms with Crippen LogP contribution >= 0.6 is 11.6 Å². The van der Waals surface area contributed by atoms with Crippen molar-refractivity contribution in [3.8, 4) is 0 Å². The summed E-state index contributed by atoms with van der Waals surface area (Å²) in [6, 6.07) is 5.96. The molecule has 1 aliphatic heterocycles. The van der Waals surface area contributed by atoms with Crippen LogP contribution in [0.2, 0.25) is 5.28 Å². The van der Waals surface area contributed by atoms with Gasteiger partial charge >= 0.3 is 11.9 Å². The molecule has 0 amide bonds. The van der Waals surface area contributed by atoms with Gasteiger partial charge in [0.25, 0.3) is 5.60 Å². The third kappa shape index (κ3) is 4.43. The number of nitrogen functional groups attached to an aromatic ring is 2. The molecule has 4 rings (SSSR count). The van der Waals surface area contributed by atoms with Crippen molar-refractivity contribution in [1.29, 1.82) is 0 Å². The summed E-state index contributed by atoms with van der Waals surface area (Å²) in [4.78, 5) is 35.7. The SMILES string of the molecule is Nc1cccc(CC(OC[C@H]2O[C@@H](n3cnc4c(N)nc(Cl)nc43)[C@@H](F)[C@@H]2O)(C(=O)O)C(=O)O)c1. The average molecular weight is 511 g/mol. The summed E-state index contributed by atoms with van der Waals surface area (Å²) < 4.78 is 27.0. The molecule has 0 saturated carbocycles. The van der Waals surface area contributed by atoms with Gasteiger partial charge in [-0.15, -0.1) is 0 Å². The minimum atomic E-state index is -2.75. The summed E-state index contributed by atoms with van der Waals surface area (Å²) in [5.41, 5.74) is 9.42. The number of aliphatic hydroxyl groups excluding tert-OH is 1. The number of benzene rings is 1. The van der Waals surface area contributed by atoms with Crippen molar-refractivity contribution in [2.24, 2.45) is 0 Å². The van der Waals surface area contributed by atoms with Crippen LogP contribution in [0.1, 0.15) is 11.8 Å². The predicted molar refractivity (Wildman–Crippen MR) is 118 cm³/mol. The lowest BCUT2D eigenvalue weighted by molar-refractivity contribution is -0.190. The highest BCUT2D eigenvalue weighted by Crippen LogP contribution is 2.35. The zero-order valence-electron chi connectivity index (χ0n) is 17.8. The lowest BCUT2D eigenvalue weighted by atomic mass is 9.94. The Balaban J connectivity index is 1.57. The van der Waals surface area contributed by atoms with Crippen LogP contribution in [0.25, 0.3) is 11.2 Å². The Morgan fingerprint density at radius 1 is 1.26 bits per heavy atom. The van der Waals surface area contributed by atoms with Gasteiger partial charge in [0.2, 0.25) is 5.28 Å². The number of hydrogen-bond donors (Lipinski definition) is 5. The van der Waals surface area contributed by atoms with Crippen LogP contribution in [0.5, 0.6) is 0 Å². The molecule has 186 valence electrons. The molecule has 3 heterocycles. The summed E-state index contributed by atoms with van der Waals surface area (Å²) in [5, 5.41) is 29.6. The Hall–Kier alpha value is -3.59. The minimum absolute atomic E-state index is 0.0380. The molecule has 1 aromatic carbocycles. The maximum atomic E-state index is 15.0. The molecule has 15 heteroatoms. The Morgan fingerprint density at radius 2 is 1.97 bits per heavy atom. The minimum Gasteiger partial charge on any atom is -0.479 e. The summed E-state index contributed by atoms with van der Waals surface area (Å²) >= 11 is 5.82. The van der Waals surface area contributed by atoms with Crippen molar-refractivity contribution in [3.05, 3.63) is 41.4 Å². The van der Waals surface area contributed by atoms with Gasteiger partial charge in [-0.25, -0.2) is 19.0 Å². The number of imidazole rings is 1. The number of carboxylic acid groups (broad SMARTS) is 2. The van der Waals surface area contributed by atoms with Gasteiger partial charge in [0.1, 0.15) is 17.7 Å². The number of aliphatic hydroxyl groups is 1. The number of anilines is 2. The fraction of sp³-hybridized carbons (Fsp3) is 0.350. The second kappa shape index (κ2) is 9.22. The Morgan fingerprint density at radius 3 is 2.63 bits per heavy atom. The number of fused-ring (bicyclic) bond motifs is 1. The van der Waals surface area contributed by atoms with E-state index in [-0.39, 0.29) is 27.8 Å². The molecular weight excluding hydrogens is 491 g/mol. The van der Waals surface area contributed by atoms with Crippen molar-refractivity contribution >= 4 is 46.2 Å². The number of carboxylic acids is 2. The van der Waals surface area contributed by atoms with Gasteiger partial charge in [-0.2, -0.15) is 9.97 Å². The number of halogens is 2. The van der Waals surface area contributed by atoms with Crippen molar-refractivity contribution in [2.75, 3.05) is 18.1 Å². The number of ether oxygens (including phenoxy) is 2. The van der Waals surface area contributed by atoms with Crippen LogP contribution in [-0.2, 0) is 25.5 Å². The van der Waals surface area contributed by atoms with Crippen LogP contribution in [0, 0.1) is 0 Å². The van der Waals surface area contributed by atoms with Crippen LogP contribution in [0.15, 0.2) is 30.6 Å². The molecule has 1 aliphatic rings. The third-order valence-electron chi connectivity index (χ3n) is 5.58. The zero-order chi connectivity index (χ0) is 25.5. The molecule has 0 spiro atoms. The van der Waals surface area contributed by atoms with Crippen molar-refractivity contribution < 1.29 is 38.8 Å². The van der Waals surface area contributed by atoms with Crippen LogP contribution in [0.3, 0.4) is 0 Å². The summed E-state index contributed by atoms with van der Waals surface area (Å²) in [6.45, 7) is -0.760. The highest BCUT2D eigenvalue weighted by atomic mass is 35.5. The first-order chi connectivity index (χ1) is 16.5. The molecule has 1 saturated heterocycles. The molecule has 0 aliphatic carbocycles. The number of aliphatic carboxylic acids is 2. The number of nitrogens with two attached hydrogens (primary N) is 2. The first-order valence-electron chi connectivity index (χ1n) is 10.1. The summed E-state index contributed by atoms with van der Waals surface area (Å²) in [5.74, 6) is -3.65. The van der Waals surface area contributed by atoms with Crippen molar-refractivity contribution in [2.45, 2.75) is 36.6 Å². The summed E-state index contributed by atoms with van der Waals surface area (Å²) in [7, 11) is 0. The lowest BCUT2D eigenvalue weighted by Gasteiger charge is -2.27. The molecule has 0 radical (unpaired) electrons. The van der Waals surface area contributed by atoms with E-state index in [1.807, 2.05) is 0 Å². The number of hydrogen-bond acceptors (Lipinski definition) is 10. The maximum Gasteiger partial charge on any atom is 0.348 e. The smallest absolute Gasteiger partial charge is 0.348 e. The third-order valence-corrected chi connectivity index (χ3v) is 5.75. The largest absolute Gasteiger partial charge is 0.479 e. The number of carbonyl (C=O) groups is 2. The van der Waals surface area contributed by atoms with E-state index in [4.69, 9.17) is 32.5 Å². The van der Waals surface area contributed by atoms with Crippen molar-refractivity contribution in [3.63, 3.8) is 0 Å². The summed E-state index contributed by atoms with van der Waals surface area (Å²) in [6.07, 6.45) is -6.14. The molecular formula is C20H20ClFN6O7. The highest BCUT2D eigenvalue weighted by Gasteiger charge is 2.52.